The van der Waals surface area contributed by atoms with Crippen molar-refractivity contribution >= 4 is 34.4 Å². The summed E-state index contributed by atoms with van der Waals surface area (Å²) in [6, 6.07) is 11.6. The fourth-order valence-electron chi connectivity index (χ4n) is 3.47. The summed E-state index contributed by atoms with van der Waals surface area (Å²) in [5.74, 6) is 1.51. The molecule has 3 heterocycles. The zero-order valence-electron chi connectivity index (χ0n) is 15.4. The van der Waals surface area contributed by atoms with Gasteiger partial charge in [-0.3, -0.25) is 4.79 Å². The Morgan fingerprint density at radius 3 is 2.81 bits per heavy atom. The average Bonchev–Trinajstić information content (AvgIpc) is 3.21. The summed E-state index contributed by atoms with van der Waals surface area (Å²) in [6.07, 6.45) is 8.46. The van der Waals surface area contributed by atoms with Crippen LogP contribution in [0.4, 0.5) is 11.5 Å². The third-order valence-electron chi connectivity index (χ3n) is 4.89. The molecule has 4 rings (SSSR count). The minimum absolute atomic E-state index is 0.193. The van der Waals surface area contributed by atoms with Gasteiger partial charge in [0.1, 0.15) is 11.6 Å². The first-order valence-electron chi connectivity index (χ1n) is 9.38. The number of amides is 1. The van der Waals surface area contributed by atoms with Gasteiger partial charge in [0.15, 0.2) is 0 Å². The first-order chi connectivity index (χ1) is 13.2. The highest BCUT2D eigenvalue weighted by atomic mass is 16.3. The number of carbonyl (C=O) groups is 1. The van der Waals surface area contributed by atoms with E-state index in [4.69, 9.17) is 9.40 Å². The predicted octanol–water partition coefficient (Wildman–Crippen LogP) is 4.78. The molecule has 0 bridgehead atoms. The molecule has 1 aromatic carbocycles. The Balaban J connectivity index is 1.53. The maximum Gasteiger partial charge on any atom is 0.248 e. The second-order valence-electron chi connectivity index (χ2n) is 6.91. The van der Waals surface area contributed by atoms with Gasteiger partial charge < -0.3 is 14.6 Å². The molecule has 0 spiro atoms. The van der Waals surface area contributed by atoms with Gasteiger partial charge >= 0.3 is 0 Å². The van der Waals surface area contributed by atoms with E-state index in [-0.39, 0.29) is 5.91 Å². The molecule has 1 fully saturated rings. The van der Waals surface area contributed by atoms with Crippen molar-refractivity contribution in [1.29, 1.82) is 0 Å². The van der Waals surface area contributed by atoms with Crippen LogP contribution in [0.1, 0.15) is 30.6 Å². The zero-order valence-corrected chi connectivity index (χ0v) is 15.4. The average molecular weight is 361 g/mol. The van der Waals surface area contributed by atoms with Gasteiger partial charge in [0.05, 0.1) is 11.8 Å². The molecular weight excluding hydrogens is 338 g/mol. The van der Waals surface area contributed by atoms with Crippen molar-refractivity contribution in [2.45, 2.75) is 26.2 Å². The molecule has 1 saturated heterocycles. The van der Waals surface area contributed by atoms with E-state index in [1.165, 1.54) is 30.9 Å². The van der Waals surface area contributed by atoms with Crippen LogP contribution in [0.2, 0.25) is 0 Å². The minimum atomic E-state index is -0.193. The van der Waals surface area contributed by atoms with Crippen LogP contribution in [0.3, 0.4) is 0 Å². The molecule has 0 atom stereocenters. The van der Waals surface area contributed by atoms with Crippen LogP contribution < -0.4 is 10.2 Å². The van der Waals surface area contributed by atoms with Crippen molar-refractivity contribution < 1.29 is 9.21 Å². The van der Waals surface area contributed by atoms with E-state index >= 15 is 0 Å². The molecule has 0 saturated carbocycles. The van der Waals surface area contributed by atoms with E-state index in [1.807, 2.05) is 18.2 Å². The summed E-state index contributed by atoms with van der Waals surface area (Å²) in [4.78, 5) is 19.3. The fourth-order valence-corrected chi connectivity index (χ4v) is 3.47. The number of aromatic nitrogens is 1. The Bertz CT molecular complexity index is 971. The monoisotopic (exact) mass is 361 g/mol. The standard InChI is InChI=1S/C22H23N3O2/c1-16-14-21(25-11-3-2-4-12-25)24-20-9-7-17(15-19(16)20)23-22(26)10-8-18-6-5-13-27-18/h5-10,13-15H,2-4,11-12H2,1H3,(H,23,26). The molecule has 3 aromatic rings. The van der Waals surface area contributed by atoms with Crippen LogP contribution in [0, 0.1) is 6.92 Å². The van der Waals surface area contributed by atoms with Crippen molar-refractivity contribution in [3.05, 3.63) is 60.1 Å². The lowest BCUT2D eigenvalue weighted by Gasteiger charge is -2.28. The molecule has 0 aliphatic carbocycles. The number of pyridine rings is 1. The summed E-state index contributed by atoms with van der Waals surface area (Å²) in [7, 11) is 0. The first kappa shape index (κ1) is 17.3. The molecule has 138 valence electrons. The fraction of sp³-hybridized carbons (Fsp3) is 0.273. The quantitative estimate of drug-likeness (QED) is 0.680. The Labute approximate surface area is 158 Å². The van der Waals surface area contributed by atoms with Gasteiger partial charge in [-0.25, -0.2) is 4.98 Å². The first-order valence-corrected chi connectivity index (χ1v) is 9.38. The molecular formula is C22H23N3O2. The number of hydrogen-bond donors (Lipinski definition) is 1. The number of anilines is 2. The van der Waals surface area contributed by atoms with Crippen LogP contribution in [0.5, 0.6) is 0 Å². The predicted molar refractivity (Wildman–Crippen MR) is 109 cm³/mol. The van der Waals surface area contributed by atoms with Crippen molar-refractivity contribution in [3.63, 3.8) is 0 Å². The summed E-state index contributed by atoms with van der Waals surface area (Å²) in [5.41, 5.74) is 2.88. The van der Waals surface area contributed by atoms with E-state index in [2.05, 4.69) is 23.2 Å². The Kier molecular flexibility index (Phi) is 4.92. The van der Waals surface area contributed by atoms with Gasteiger partial charge in [-0.15, -0.1) is 0 Å². The van der Waals surface area contributed by atoms with Gasteiger partial charge in [0.25, 0.3) is 0 Å². The van der Waals surface area contributed by atoms with Gasteiger partial charge in [0, 0.05) is 30.2 Å². The molecule has 1 aliphatic rings. The van der Waals surface area contributed by atoms with Crippen LogP contribution in [-0.4, -0.2) is 24.0 Å². The molecule has 1 amide bonds. The molecule has 2 aromatic heterocycles. The van der Waals surface area contributed by atoms with Gasteiger partial charge in [-0.1, -0.05) is 0 Å². The highest BCUT2D eigenvalue weighted by Gasteiger charge is 2.14. The lowest BCUT2D eigenvalue weighted by molar-refractivity contribution is -0.111. The topological polar surface area (TPSA) is 58.4 Å². The van der Waals surface area contributed by atoms with Crippen LogP contribution in [0.15, 0.2) is 53.2 Å². The summed E-state index contributed by atoms with van der Waals surface area (Å²) < 4.78 is 5.19. The number of nitrogens with zero attached hydrogens (tertiary/aromatic N) is 2. The number of piperidine rings is 1. The van der Waals surface area contributed by atoms with E-state index in [0.717, 1.165) is 35.5 Å². The highest BCUT2D eigenvalue weighted by molar-refractivity contribution is 6.03. The van der Waals surface area contributed by atoms with Crippen LogP contribution in [0.25, 0.3) is 17.0 Å². The number of hydrogen-bond acceptors (Lipinski definition) is 4. The van der Waals surface area contributed by atoms with Crippen LogP contribution in [-0.2, 0) is 4.79 Å². The molecule has 5 nitrogen and oxygen atoms in total. The number of furan rings is 1. The number of aryl methyl sites for hydroxylation is 1. The second kappa shape index (κ2) is 7.66. The van der Waals surface area contributed by atoms with E-state index in [0.29, 0.717) is 5.76 Å². The minimum Gasteiger partial charge on any atom is -0.465 e. The second-order valence-corrected chi connectivity index (χ2v) is 6.91. The van der Waals surface area contributed by atoms with Crippen molar-refractivity contribution in [2.75, 3.05) is 23.3 Å². The highest BCUT2D eigenvalue weighted by Crippen LogP contribution is 2.26. The third kappa shape index (κ3) is 4.03. The largest absolute Gasteiger partial charge is 0.465 e. The number of benzene rings is 1. The molecule has 5 heteroatoms. The summed E-state index contributed by atoms with van der Waals surface area (Å²) >= 11 is 0. The Hall–Kier alpha value is -3.08. The molecule has 0 unspecified atom stereocenters. The van der Waals surface area contributed by atoms with E-state index in [9.17, 15) is 4.79 Å². The number of rotatable bonds is 4. The summed E-state index contributed by atoms with van der Waals surface area (Å²) in [5, 5.41) is 3.95. The van der Waals surface area contributed by atoms with Crippen molar-refractivity contribution in [1.82, 2.24) is 4.98 Å². The Morgan fingerprint density at radius 2 is 2.04 bits per heavy atom. The third-order valence-corrected chi connectivity index (χ3v) is 4.89. The molecule has 1 N–H and O–H groups in total. The molecule has 0 radical (unpaired) electrons. The van der Waals surface area contributed by atoms with Crippen molar-refractivity contribution in [2.24, 2.45) is 0 Å². The van der Waals surface area contributed by atoms with Gasteiger partial charge in [0.2, 0.25) is 5.91 Å². The van der Waals surface area contributed by atoms with Crippen molar-refractivity contribution in [3.8, 4) is 0 Å². The smallest absolute Gasteiger partial charge is 0.248 e. The molecule has 1 aliphatic heterocycles. The zero-order chi connectivity index (χ0) is 18.6. The van der Waals surface area contributed by atoms with Crippen LogP contribution >= 0.6 is 0 Å². The number of carbonyl (C=O) groups excluding carboxylic acids is 1. The lowest BCUT2D eigenvalue weighted by Crippen LogP contribution is -2.30. The van der Waals surface area contributed by atoms with E-state index in [1.54, 1.807) is 24.5 Å². The SMILES string of the molecule is Cc1cc(N2CCCCC2)nc2ccc(NC(=O)C=Cc3ccco3)cc12. The van der Waals surface area contributed by atoms with Gasteiger partial charge in [-0.05, 0) is 74.2 Å². The number of fused-ring (bicyclic) bond motifs is 1. The maximum atomic E-state index is 12.1. The lowest BCUT2D eigenvalue weighted by atomic mass is 10.1. The molecule has 27 heavy (non-hydrogen) atoms. The van der Waals surface area contributed by atoms with Gasteiger partial charge in [-0.2, -0.15) is 0 Å². The maximum absolute atomic E-state index is 12.1. The normalized spacial score (nSPS) is 14.8. The Morgan fingerprint density at radius 1 is 1.19 bits per heavy atom. The van der Waals surface area contributed by atoms with E-state index < -0.39 is 0 Å². The number of nitrogens with one attached hydrogen (secondary N) is 1. The summed E-state index contributed by atoms with van der Waals surface area (Å²) in [6.45, 7) is 4.25.